The van der Waals surface area contributed by atoms with Gasteiger partial charge in [0.15, 0.2) is 0 Å². The summed E-state index contributed by atoms with van der Waals surface area (Å²) in [5, 5.41) is 10.7. The number of hydrogen-bond donors (Lipinski definition) is 0. The standard InChI is InChI=1S/C14H11FN4O3S/c1-10-5-6-14(13(15)7-10)23(20,21)22-12-4-2-3-11(8-12)19-9-16-17-18-19/h2-9H,1H3. The smallest absolute Gasteiger partial charge is 0.342 e. The van der Waals surface area contributed by atoms with Crippen molar-refractivity contribution in [1.29, 1.82) is 0 Å². The highest BCUT2D eigenvalue weighted by Gasteiger charge is 2.21. The fraction of sp³-hybridized carbons (Fsp3) is 0.0714. The van der Waals surface area contributed by atoms with Crippen LogP contribution in [0.3, 0.4) is 0 Å². The average Bonchev–Trinajstić information content (AvgIpc) is 3.00. The molecule has 0 bridgehead atoms. The molecule has 0 saturated heterocycles. The van der Waals surface area contributed by atoms with E-state index >= 15 is 0 Å². The zero-order valence-electron chi connectivity index (χ0n) is 11.9. The molecule has 0 radical (unpaired) electrons. The van der Waals surface area contributed by atoms with Crippen LogP contribution in [0, 0.1) is 12.7 Å². The predicted molar refractivity (Wildman–Crippen MR) is 78.1 cm³/mol. The van der Waals surface area contributed by atoms with Gasteiger partial charge in [0.2, 0.25) is 0 Å². The molecule has 0 atom stereocenters. The third-order valence-corrected chi connectivity index (χ3v) is 4.28. The van der Waals surface area contributed by atoms with Gasteiger partial charge in [-0.3, -0.25) is 0 Å². The first kappa shape index (κ1) is 15.1. The van der Waals surface area contributed by atoms with Crippen molar-refractivity contribution < 1.29 is 17.0 Å². The van der Waals surface area contributed by atoms with Gasteiger partial charge in [0.25, 0.3) is 0 Å². The first-order chi connectivity index (χ1) is 11.0. The Kier molecular flexibility index (Phi) is 3.78. The van der Waals surface area contributed by atoms with Crippen LogP contribution in [0.25, 0.3) is 5.69 Å². The molecule has 3 rings (SSSR count). The Bertz CT molecular complexity index is 942. The number of tetrazole rings is 1. The van der Waals surface area contributed by atoms with Crippen molar-refractivity contribution in [2.24, 2.45) is 0 Å². The van der Waals surface area contributed by atoms with E-state index < -0.39 is 20.8 Å². The number of aromatic nitrogens is 4. The molecule has 0 amide bonds. The molecule has 0 aliphatic rings. The Morgan fingerprint density at radius 1 is 1.17 bits per heavy atom. The zero-order chi connectivity index (χ0) is 16.4. The van der Waals surface area contributed by atoms with E-state index in [0.717, 1.165) is 6.07 Å². The predicted octanol–water partition coefficient (Wildman–Crippen LogP) is 1.88. The van der Waals surface area contributed by atoms with Crippen LogP contribution in [0.1, 0.15) is 5.56 Å². The Hall–Kier alpha value is -2.81. The second-order valence-electron chi connectivity index (χ2n) is 4.72. The first-order valence-electron chi connectivity index (χ1n) is 6.50. The molecule has 23 heavy (non-hydrogen) atoms. The fourth-order valence-electron chi connectivity index (χ4n) is 1.94. The van der Waals surface area contributed by atoms with Crippen molar-refractivity contribution in [2.45, 2.75) is 11.8 Å². The molecule has 0 aliphatic heterocycles. The van der Waals surface area contributed by atoms with E-state index in [0.29, 0.717) is 11.3 Å². The van der Waals surface area contributed by atoms with Crippen LogP contribution < -0.4 is 4.18 Å². The van der Waals surface area contributed by atoms with Crippen molar-refractivity contribution in [3.63, 3.8) is 0 Å². The van der Waals surface area contributed by atoms with E-state index in [-0.39, 0.29) is 5.75 Å². The van der Waals surface area contributed by atoms with Crippen LogP contribution in [0.5, 0.6) is 5.75 Å². The summed E-state index contributed by atoms with van der Waals surface area (Å²) in [5.74, 6) is -0.834. The van der Waals surface area contributed by atoms with Crippen LogP contribution in [-0.2, 0) is 10.1 Å². The van der Waals surface area contributed by atoms with E-state index in [4.69, 9.17) is 4.18 Å². The molecular weight excluding hydrogens is 323 g/mol. The quantitative estimate of drug-likeness (QED) is 0.677. The largest absolute Gasteiger partial charge is 0.379 e. The Balaban J connectivity index is 1.93. The molecule has 9 heteroatoms. The van der Waals surface area contributed by atoms with Crippen LogP contribution in [0.2, 0.25) is 0 Å². The molecule has 0 saturated carbocycles. The molecule has 3 aromatic rings. The van der Waals surface area contributed by atoms with Crippen molar-refractivity contribution >= 4 is 10.1 Å². The Morgan fingerprint density at radius 3 is 2.70 bits per heavy atom. The van der Waals surface area contributed by atoms with Gasteiger partial charge in [0, 0.05) is 6.07 Å². The number of halogens is 1. The average molecular weight is 334 g/mol. The summed E-state index contributed by atoms with van der Waals surface area (Å²) in [7, 11) is -4.28. The summed E-state index contributed by atoms with van der Waals surface area (Å²) >= 11 is 0. The number of hydrogen-bond acceptors (Lipinski definition) is 6. The maximum atomic E-state index is 13.9. The minimum Gasteiger partial charge on any atom is -0.379 e. The Morgan fingerprint density at radius 2 is 2.00 bits per heavy atom. The molecule has 0 fully saturated rings. The maximum absolute atomic E-state index is 13.9. The lowest BCUT2D eigenvalue weighted by molar-refractivity contribution is 0.476. The summed E-state index contributed by atoms with van der Waals surface area (Å²) in [6.45, 7) is 1.66. The maximum Gasteiger partial charge on any atom is 0.342 e. The van der Waals surface area contributed by atoms with Crippen LogP contribution >= 0.6 is 0 Å². The molecule has 0 unspecified atom stereocenters. The van der Waals surface area contributed by atoms with Crippen molar-refractivity contribution in [3.8, 4) is 11.4 Å². The van der Waals surface area contributed by atoms with Gasteiger partial charge >= 0.3 is 10.1 Å². The SMILES string of the molecule is Cc1ccc(S(=O)(=O)Oc2cccc(-n3cnnn3)c2)c(F)c1. The van der Waals surface area contributed by atoms with Gasteiger partial charge in [-0.15, -0.1) is 5.10 Å². The fourth-order valence-corrected chi connectivity index (χ4v) is 2.92. The van der Waals surface area contributed by atoms with Crippen LogP contribution in [-0.4, -0.2) is 28.6 Å². The first-order valence-corrected chi connectivity index (χ1v) is 7.90. The minimum atomic E-state index is -4.28. The highest BCUT2D eigenvalue weighted by atomic mass is 32.2. The summed E-state index contributed by atoms with van der Waals surface area (Å²) in [6.07, 6.45) is 1.35. The van der Waals surface area contributed by atoms with Gasteiger partial charge in [-0.05, 0) is 47.2 Å². The molecule has 1 heterocycles. The summed E-state index contributed by atoms with van der Waals surface area (Å²) in [4.78, 5) is -0.518. The lowest BCUT2D eigenvalue weighted by Crippen LogP contribution is -2.12. The minimum absolute atomic E-state index is 0.0259. The second kappa shape index (κ2) is 5.76. The highest BCUT2D eigenvalue weighted by molar-refractivity contribution is 7.87. The normalized spacial score (nSPS) is 11.4. The van der Waals surface area contributed by atoms with Gasteiger partial charge in [-0.2, -0.15) is 8.42 Å². The molecule has 0 aliphatic carbocycles. The molecule has 1 aromatic heterocycles. The Labute approximate surface area is 131 Å². The topological polar surface area (TPSA) is 87.0 Å². The van der Waals surface area contributed by atoms with E-state index in [9.17, 15) is 12.8 Å². The van der Waals surface area contributed by atoms with Gasteiger partial charge in [-0.25, -0.2) is 9.07 Å². The lowest BCUT2D eigenvalue weighted by Gasteiger charge is -2.09. The summed E-state index contributed by atoms with van der Waals surface area (Å²) in [5.41, 5.74) is 1.12. The number of aryl methyl sites for hydroxylation is 1. The molecule has 7 nitrogen and oxygen atoms in total. The molecule has 0 spiro atoms. The van der Waals surface area contributed by atoms with Gasteiger partial charge in [0.1, 0.15) is 22.8 Å². The third-order valence-electron chi connectivity index (χ3n) is 2.99. The number of rotatable bonds is 4. The van der Waals surface area contributed by atoms with Crippen LogP contribution in [0.4, 0.5) is 4.39 Å². The van der Waals surface area contributed by atoms with Crippen molar-refractivity contribution in [2.75, 3.05) is 0 Å². The lowest BCUT2D eigenvalue weighted by atomic mass is 10.2. The number of nitrogens with zero attached hydrogens (tertiary/aromatic N) is 4. The van der Waals surface area contributed by atoms with E-state index in [1.54, 1.807) is 19.1 Å². The van der Waals surface area contributed by atoms with E-state index in [2.05, 4.69) is 15.5 Å². The molecular formula is C14H11FN4O3S. The summed E-state index contributed by atoms with van der Waals surface area (Å²) < 4.78 is 44.6. The van der Waals surface area contributed by atoms with Crippen LogP contribution in [0.15, 0.2) is 53.7 Å². The molecule has 118 valence electrons. The van der Waals surface area contributed by atoms with Gasteiger partial charge in [-0.1, -0.05) is 12.1 Å². The zero-order valence-corrected chi connectivity index (χ0v) is 12.7. The van der Waals surface area contributed by atoms with E-state index in [1.807, 2.05) is 0 Å². The van der Waals surface area contributed by atoms with E-state index in [1.165, 1.54) is 35.3 Å². The molecule has 0 N–H and O–H groups in total. The third kappa shape index (κ3) is 3.19. The summed E-state index contributed by atoms with van der Waals surface area (Å²) in [6, 6.07) is 9.92. The van der Waals surface area contributed by atoms with Crippen molar-refractivity contribution in [3.05, 3.63) is 60.2 Å². The second-order valence-corrected chi connectivity index (χ2v) is 6.24. The molecule has 2 aromatic carbocycles. The van der Waals surface area contributed by atoms with Gasteiger partial charge < -0.3 is 4.18 Å². The monoisotopic (exact) mass is 334 g/mol. The van der Waals surface area contributed by atoms with Gasteiger partial charge in [0.05, 0.1) is 5.69 Å². The van der Waals surface area contributed by atoms with Crippen molar-refractivity contribution in [1.82, 2.24) is 20.2 Å². The highest BCUT2D eigenvalue weighted by Crippen LogP contribution is 2.23. The number of benzene rings is 2.